The van der Waals surface area contributed by atoms with Crippen molar-refractivity contribution in [2.75, 3.05) is 24.7 Å². The lowest BCUT2D eigenvalue weighted by Gasteiger charge is -2.28. The van der Waals surface area contributed by atoms with Crippen LogP contribution in [0.3, 0.4) is 0 Å². The quantitative estimate of drug-likeness (QED) is 0.448. The van der Waals surface area contributed by atoms with Gasteiger partial charge < -0.3 is 9.47 Å². The number of ether oxygens (including phenoxy) is 2. The molecule has 1 aliphatic heterocycles. The highest BCUT2D eigenvalue weighted by Gasteiger charge is 2.30. The molecular formula is C16H18N2O7. The monoisotopic (exact) mass is 350 g/mol. The highest BCUT2D eigenvalue weighted by Crippen LogP contribution is 2.35. The number of rotatable bonds is 5. The summed E-state index contributed by atoms with van der Waals surface area (Å²) in [7, 11) is 0. The summed E-state index contributed by atoms with van der Waals surface area (Å²) in [6, 6.07) is 3.76. The molecule has 0 saturated carbocycles. The zero-order chi connectivity index (χ0) is 18.8. The number of esters is 1. The molecule has 1 aliphatic rings. The van der Waals surface area contributed by atoms with Crippen LogP contribution in [-0.2, 0) is 19.1 Å². The van der Waals surface area contributed by atoms with Crippen LogP contribution in [0.1, 0.15) is 20.8 Å². The summed E-state index contributed by atoms with van der Waals surface area (Å²) < 4.78 is 10.1. The summed E-state index contributed by atoms with van der Waals surface area (Å²) in [5, 5.41) is 10.9. The zero-order valence-corrected chi connectivity index (χ0v) is 14.1. The number of hydrogen-bond acceptors (Lipinski definition) is 7. The fraction of sp³-hybridized carbons (Fsp3) is 0.438. The molecule has 9 nitrogen and oxygen atoms in total. The Morgan fingerprint density at radius 2 is 2.04 bits per heavy atom. The van der Waals surface area contributed by atoms with Gasteiger partial charge in [0.1, 0.15) is 12.3 Å². The Morgan fingerprint density at radius 1 is 1.36 bits per heavy atom. The minimum Gasteiger partial charge on any atom is -0.482 e. The maximum Gasteiger partial charge on any atom is 0.326 e. The molecule has 0 saturated heterocycles. The highest BCUT2D eigenvalue weighted by atomic mass is 16.6. The van der Waals surface area contributed by atoms with E-state index >= 15 is 0 Å². The molecule has 9 heteroatoms. The lowest BCUT2D eigenvalue weighted by molar-refractivity contribution is -0.384. The van der Waals surface area contributed by atoms with E-state index in [1.165, 1.54) is 12.1 Å². The standard InChI is InChI=1S/C16H18N2O7/c1-16(2,3)13(19)8-25-15(21)7-17-11-6-10(18(22)23)4-5-12(11)24-9-14(17)20/h4-6H,7-9H2,1-3H3. The Balaban J connectivity index is 2.13. The molecule has 1 heterocycles. The molecule has 25 heavy (non-hydrogen) atoms. The molecule has 0 aromatic heterocycles. The lowest BCUT2D eigenvalue weighted by Crippen LogP contribution is -2.43. The number of nitro benzene ring substituents is 1. The van der Waals surface area contributed by atoms with E-state index in [0.717, 1.165) is 11.0 Å². The number of nitro groups is 1. The van der Waals surface area contributed by atoms with Gasteiger partial charge in [-0.1, -0.05) is 20.8 Å². The fourth-order valence-electron chi connectivity index (χ4n) is 2.01. The normalized spacial score (nSPS) is 13.7. The number of anilines is 1. The fourth-order valence-corrected chi connectivity index (χ4v) is 2.01. The third-order valence-corrected chi connectivity index (χ3v) is 3.58. The van der Waals surface area contributed by atoms with Gasteiger partial charge in [-0.3, -0.25) is 29.4 Å². The molecular weight excluding hydrogens is 332 g/mol. The molecule has 1 amide bonds. The first kappa shape index (κ1) is 18.4. The summed E-state index contributed by atoms with van der Waals surface area (Å²) in [6.45, 7) is 3.94. The number of ketones is 1. The summed E-state index contributed by atoms with van der Waals surface area (Å²) in [5.41, 5.74) is -0.773. The number of benzene rings is 1. The molecule has 0 bridgehead atoms. The van der Waals surface area contributed by atoms with Crippen molar-refractivity contribution in [3.63, 3.8) is 0 Å². The second kappa shape index (κ2) is 6.88. The Morgan fingerprint density at radius 3 is 2.64 bits per heavy atom. The van der Waals surface area contributed by atoms with Crippen molar-refractivity contribution in [1.29, 1.82) is 0 Å². The first-order valence-electron chi connectivity index (χ1n) is 7.50. The molecule has 0 atom stereocenters. The molecule has 0 N–H and O–H groups in total. The number of non-ortho nitro benzene ring substituents is 1. The molecule has 1 aromatic carbocycles. The Hall–Kier alpha value is -2.97. The molecule has 0 unspecified atom stereocenters. The van der Waals surface area contributed by atoms with Gasteiger partial charge in [0.05, 0.1) is 10.6 Å². The van der Waals surface area contributed by atoms with E-state index in [2.05, 4.69) is 0 Å². The molecule has 1 aromatic rings. The number of hydrogen-bond donors (Lipinski definition) is 0. The van der Waals surface area contributed by atoms with Crippen LogP contribution in [-0.4, -0.2) is 42.3 Å². The van der Waals surface area contributed by atoms with E-state index in [4.69, 9.17) is 9.47 Å². The molecule has 0 fully saturated rings. The Kier molecular flexibility index (Phi) is 5.05. The van der Waals surface area contributed by atoms with Crippen LogP contribution in [0.5, 0.6) is 5.75 Å². The van der Waals surface area contributed by atoms with Crippen LogP contribution >= 0.6 is 0 Å². The summed E-state index contributed by atoms with van der Waals surface area (Å²) in [5.74, 6) is -1.33. The number of nitrogens with zero attached hydrogens (tertiary/aromatic N) is 2. The van der Waals surface area contributed by atoms with Gasteiger partial charge in [0.25, 0.3) is 11.6 Å². The van der Waals surface area contributed by atoms with E-state index in [0.29, 0.717) is 0 Å². The molecule has 0 aliphatic carbocycles. The second-order valence-corrected chi connectivity index (χ2v) is 6.51. The highest BCUT2D eigenvalue weighted by molar-refractivity contribution is 6.01. The summed E-state index contributed by atoms with van der Waals surface area (Å²) >= 11 is 0. The number of fused-ring (bicyclic) bond motifs is 1. The first-order valence-corrected chi connectivity index (χ1v) is 7.50. The van der Waals surface area contributed by atoms with Crippen molar-refractivity contribution in [1.82, 2.24) is 0 Å². The maximum absolute atomic E-state index is 12.0. The topological polar surface area (TPSA) is 116 Å². The van der Waals surface area contributed by atoms with Crippen molar-refractivity contribution in [2.24, 2.45) is 5.41 Å². The van der Waals surface area contributed by atoms with Gasteiger partial charge >= 0.3 is 5.97 Å². The molecule has 0 radical (unpaired) electrons. The lowest BCUT2D eigenvalue weighted by atomic mass is 9.91. The maximum atomic E-state index is 12.0. The van der Waals surface area contributed by atoms with E-state index in [1.54, 1.807) is 20.8 Å². The van der Waals surface area contributed by atoms with Crippen molar-refractivity contribution in [3.8, 4) is 5.75 Å². The Labute approximate surface area is 143 Å². The van der Waals surface area contributed by atoms with E-state index in [-0.39, 0.29) is 29.5 Å². The first-order chi connectivity index (χ1) is 11.6. The van der Waals surface area contributed by atoms with Crippen molar-refractivity contribution < 1.29 is 28.8 Å². The average molecular weight is 350 g/mol. The summed E-state index contributed by atoms with van der Waals surface area (Å²) in [6.07, 6.45) is 0. The zero-order valence-electron chi connectivity index (χ0n) is 14.1. The average Bonchev–Trinajstić information content (AvgIpc) is 2.53. The van der Waals surface area contributed by atoms with Gasteiger partial charge in [0.15, 0.2) is 19.0 Å². The van der Waals surface area contributed by atoms with E-state index in [9.17, 15) is 24.5 Å². The van der Waals surface area contributed by atoms with E-state index in [1.807, 2.05) is 0 Å². The van der Waals surface area contributed by atoms with Crippen molar-refractivity contribution in [3.05, 3.63) is 28.3 Å². The number of amides is 1. The SMILES string of the molecule is CC(C)(C)C(=O)COC(=O)CN1C(=O)COc2ccc([N+](=O)[O-])cc21. The van der Waals surface area contributed by atoms with Crippen molar-refractivity contribution in [2.45, 2.75) is 20.8 Å². The van der Waals surface area contributed by atoms with Crippen LogP contribution < -0.4 is 9.64 Å². The minimum absolute atomic E-state index is 0.115. The predicted octanol–water partition coefficient (Wildman–Crippen LogP) is 1.48. The number of carbonyl (C=O) groups is 3. The largest absolute Gasteiger partial charge is 0.482 e. The van der Waals surface area contributed by atoms with Crippen LogP contribution in [0.2, 0.25) is 0 Å². The van der Waals surface area contributed by atoms with Crippen LogP contribution in [0.4, 0.5) is 11.4 Å². The molecule has 2 rings (SSSR count). The number of carbonyl (C=O) groups excluding carboxylic acids is 3. The molecule has 134 valence electrons. The Bertz CT molecular complexity index is 736. The van der Waals surface area contributed by atoms with Crippen molar-refractivity contribution >= 4 is 29.0 Å². The van der Waals surface area contributed by atoms with Crippen LogP contribution in [0.15, 0.2) is 18.2 Å². The van der Waals surface area contributed by atoms with Crippen LogP contribution in [0.25, 0.3) is 0 Å². The minimum atomic E-state index is -0.787. The van der Waals surface area contributed by atoms with Crippen LogP contribution in [0, 0.1) is 15.5 Å². The predicted molar refractivity (Wildman–Crippen MR) is 86.4 cm³/mol. The van der Waals surface area contributed by atoms with Gasteiger partial charge in [0, 0.05) is 17.5 Å². The third-order valence-electron chi connectivity index (χ3n) is 3.58. The van der Waals surface area contributed by atoms with Gasteiger partial charge in [0.2, 0.25) is 0 Å². The number of Topliss-reactive ketones (excluding diaryl/α,β-unsaturated/α-hetero) is 1. The third kappa shape index (κ3) is 4.31. The summed E-state index contributed by atoms with van der Waals surface area (Å²) in [4.78, 5) is 47.1. The van der Waals surface area contributed by atoms with Gasteiger partial charge in [-0.2, -0.15) is 0 Å². The van der Waals surface area contributed by atoms with Gasteiger partial charge in [-0.05, 0) is 6.07 Å². The van der Waals surface area contributed by atoms with Gasteiger partial charge in [-0.15, -0.1) is 0 Å². The smallest absolute Gasteiger partial charge is 0.326 e. The van der Waals surface area contributed by atoms with E-state index < -0.39 is 35.4 Å². The van der Waals surface area contributed by atoms with Gasteiger partial charge in [-0.25, -0.2) is 0 Å². The second-order valence-electron chi connectivity index (χ2n) is 6.51. The molecule has 0 spiro atoms.